The summed E-state index contributed by atoms with van der Waals surface area (Å²) in [5, 5.41) is 2.43. The minimum Gasteiger partial charge on any atom is -0.482 e. The summed E-state index contributed by atoms with van der Waals surface area (Å²) in [5.41, 5.74) is 6.64. The Morgan fingerprint density at radius 1 is 1.41 bits per heavy atom. The van der Waals surface area contributed by atoms with Crippen molar-refractivity contribution < 1.29 is 14.3 Å². The molecule has 5 heteroatoms. The average molecular weight is 236 g/mol. The molecule has 0 spiro atoms. The van der Waals surface area contributed by atoms with Gasteiger partial charge >= 0.3 is 0 Å². The molecule has 0 heterocycles. The monoisotopic (exact) mass is 236 g/mol. The van der Waals surface area contributed by atoms with Crippen LogP contribution in [0.2, 0.25) is 0 Å². The van der Waals surface area contributed by atoms with Crippen LogP contribution >= 0.6 is 0 Å². The number of likely N-dealkylation sites (N-methyl/N-ethyl adjacent to an activating group) is 1. The molecule has 0 fully saturated rings. The van der Waals surface area contributed by atoms with Gasteiger partial charge in [0.25, 0.3) is 5.91 Å². The van der Waals surface area contributed by atoms with E-state index in [1.165, 1.54) is 7.05 Å². The van der Waals surface area contributed by atoms with Crippen molar-refractivity contribution in [3.05, 3.63) is 23.8 Å². The maximum absolute atomic E-state index is 11.4. The third-order valence-electron chi connectivity index (χ3n) is 2.29. The van der Waals surface area contributed by atoms with E-state index in [1.807, 2.05) is 0 Å². The van der Waals surface area contributed by atoms with Gasteiger partial charge in [0.1, 0.15) is 5.75 Å². The van der Waals surface area contributed by atoms with Crippen molar-refractivity contribution in [1.82, 2.24) is 5.32 Å². The quantitative estimate of drug-likeness (QED) is 0.590. The second-order valence-corrected chi connectivity index (χ2v) is 3.49. The Bertz CT molecular complexity index is 430. The van der Waals surface area contributed by atoms with Crippen molar-refractivity contribution in [2.75, 3.05) is 19.4 Å². The molecule has 0 radical (unpaired) electrons. The molecular weight excluding hydrogens is 220 g/mol. The smallest absolute Gasteiger partial charge is 0.257 e. The molecule has 5 nitrogen and oxygen atoms in total. The van der Waals surface area contributed by atoms with Crippen LogP contribution in [-0.2, 0) is 4.79 Å². The molecule has 0 aliphatic heterocycles. The number of ketones is 1. The topological polar surface area (TPSA) is 81.4 Å². The summed E-state index contributed by atoms with van der Waals surface area (Å²) in [5.74, 6) is 0.189. The number of ether oxygens (including phenoxy) is 1. The number of Topliss-reactive ketones (excluding diaryl/α,β-unsaturated/α-hetero) is 1. The van der Waals surface area contributed by atoms with Crippen LogP contribution in [0.4, 0.5) is 5.69 Å². The summed E-state index contributed by atoms with van der Waals surface area (Å²) in [7, 11) is 1.53. The highest BCUT2D eigenvalue weighted by Gasteiger charge is 2.08. The van der Waals surface area contributed by atoms with E-state index < -0.39 is 0 Å². The zero-order chi connectivity index (χ0) is 12.8. The third kappa shape index (κ3) is 3.48. The zero-order valence-electron chi connectivity index (χ0n) is 9.95. The van der Waals surface area contributed by atoms with Crippen molar-refractivity contribution in [2.45, 2.75) is 13.3 Å². The van der Waals surface area contributed by atoms with Gasteiger partial charge in [-0.1, -0.05) is 6.92 Å². The van der Waals surface area contributed by atoms with Crippen LogP contribution in [0.1, 0.15) is 23.7 Å². The molecule has 0 saturated carbocycles. The standard InChI is InChI=1S/C12H16N2O3/c1-3-10(15)8-4-5-11(9(13)6-8)17-7-12(16)14-2/h4-6H,3,7,13H2,1-2H3,(H,14,16). The molecule has 92 valence electrons. The van der Waals surface area contributed by atoms with Crippen molar-refractivity contribution in [2.24, 2.45) is 0 Å². The normalized spacial score (nSPS) is 9.76. The third-order valence-corrected chi connectivity index (χ3v) is 2.29. The first-order valence-corrected chi connectivity index (χ1v) is 5.34. The van der Waals surface area contributed by atoms with Crippen LogP contribution in [0.25, 0.3) is 0 Å². The van der Waals surface area contributed by atoms with Crippen LogP contribution in [0.5, 0.6) is 5.75 Å². The predicted octanol–water partition coefficient (Wildman–Crippen LogP) is 0.986. The van der Waals surface area contributed by atoms with E-state index in [4.69, 9.17) is 10.5 Å². The van der Waals surface area contributed by atoms with Crippen molar-refractivity contribution in [3.8, 4) is 5.75 Å². The van der Waals surface area contributed by atoms with E-state index in [2.05, 4.69) is 5.32 Å². The minimum atomic E-state index is -0.238. The van der Waals surface area contributed by atoms with Gasteiger partial charge in [-0.05, 0) is 18.2 Å². The highest BCUT2D eigenvalue weighted by Crippen LogP contribution is 2.23. The molecule has 0 unspecified atom stereocenters. The van der Waals surface area contributed by atoms with Gasteiger partial charge in [-0.25, -0.2) is 0 Å². The maximum atomic E-state index is 11.4. The van der Waals surface area contributed by atoms with E-state index in [9.17, 15) is 9.59 Å². The molecule has 1 rings (SSSR count). The highest BCUT2D eigenvalue weighted by atomic mass is 16.5. The van der Waals surface area contributed by atoms with Gasteiger partial charge in [0.15, 0.2) is 12.4 Å². The van der Waals surface area contributed by atoms with Gasteiger partial charge in [-0.2, -0.15) is 0 Å². The Morgan fingerprint density at radius 2 is 2.12 bits per heavy atom. The largest absolute Gasteiger partial charge is 0.482 e. The van der Waals surface area contributed by atoms with Crippen LogP contribution in [0.15, 0.2) is 18.2 Å². The van der Waals surface area contributed by atoms with Crippen LogP contribution in [0, 0.1) is 0 Å². The lowest BCUT2D eigenvalue weighted by atomic mass is 10.1. The Balaban J connectivity index is 2.76. The van der Waals surface area contributed by atoms with Gasteiger partial charge in [0.2, 0.25) is 0 Å². The number of carbonyl (C=O) groups excluding carboxylic acids is 2. The molecule has 0 saturated heterocycles. The second-order valence-electron chi connectivity index (χ2n) is 3.49. The number of anilines is 1. The van der Waals surface area contributed by atoms with Crippen molar-refractivity contribution in [1.29, 1.82) is 0 Å². The van der Waals surface area contributed by atoms with Crippen molar-refractivity contribution >= 4 is 17.4 Å². The summed E-state index contributed by atoms with van der Waals surface area (Å²) >= 11 is 0. The number of amides is 1. The molecule has 0 bridgehead atoms. The Labute approximate surface area is 99.9 Å². The van der Waals surface area contributed by atoms with Crippen LogP contribution < -0.4 is 15.8 Å². The predicted molar refractivity (Wildman–Crippen MR) is 65.0 cm³/mol. The summed E-state index contributed by atoms with van der Waals surface area (Å²) in [4.78, 5) is 22.4. The fourth-order valence-corrected chi connectivity index (χ4v) is 1.27. The van der Waals surface area contributed by atoms with Crippen molar-refractivity contribution in [3.63, 3.8) is 0 Å². The van der Waals surface area contributed by atoms with E-state index in [-0.39, 0.29) is 18.3 Å². The molecule has 0 atom stereocenters. The van der Waals surface area contributed by atoms with Crippen LogP contribution in [0.3, 0.4) is 0 Å². The number of nitrogens with two attached hydrogens (primary N) is 1. The molecule has 1 aromatic rings. The van der Waals surface area contributed by atoms with E-state index in [1.54, 1.807) is 25.1 Å². The molecule has 1 amide bonds. The first kappa shape index (κ1) is 13.0. The molecular formula is C12H16N2O3. The zero-order valence-corrected chi connectivity index (χ0v) is 9.95. The lowest BCUT2D eigenvalue weighted by molar-refractivity contribution is -0.122. The van der Waals surface area contributed by atoms with Gasteiger partial charge < -0.3 is 15.8 Å². The fourth-order valence-electron chi connectivity index (χ4n) is 1.27. The molecule has 1 aromatic carbocycles. The van der Waals surface area contributed by atoms with Gasteiger partial charge in [0, 0.05) is 19.0 Å². The Kier molecular flexibility index (Phi) is 4.51. The van der Waals surface area contributed by atoms with Gasteiger partial charge in [-0.3, -0.25) is 9.59 Å². The maximum Gasteiger partial charge on any atom is 0.257 e. The molecule has 0 aliphatic rings. The fraction of sp³-hybridized carbons (Fsp3) is 0.333. The number of nitrogens with one attached hydrogen (secondary N) is 1. The van der Waals surface area contributed by atoms with Gasteiger partial charge in [0.05, 0.1) is 5.69 Å². The second kappa shape index (κ2) is 5.89. The molecule has 17 heavy (non-hydrogen) atoms. The minimum absolute atomic E-state index is 0.0227. The lowest BCUT2D eigenvalue weighted by Crippen LogP contribution is -2.25. The average Bonchev–Trinajstić information content (AvgIpc) is 2.35. The van der Waals surface area contributed by atoms with Crippen LogP contribution in [-0.4, -0.2) is 25.3 Å². The number of rotatable bonds is 5. The summed E-state index contributed by atoms with van der Waals surface area (Å²) in [6.45, 7) is 1.69. The number of hydrogen-bond donors (Lipinski definition) is 2. The summed E-state index contributed by atoms with van der Waals surface area (Å²) < 4.78 is 5.21. The Hall–Kier alpha value is -2.04. The number of nitrogen functional groups attached to an aromatic ring is 1. The SMILES string of the molecule is CCC(=O)c1ccc(OCC(=O)NC)c(N)c1. The lowest BCUT2D eigenvalue weighted by Gasteiger charge is -2.09. The number of carbonyl (C=O) groups is 2. The Morgan fingerprint density at radius 3 is 2.65 bits per heavy atom. The first-order chi connectivity index (χ1) is 8.08. The molecule has 0 aliphatic carbocycles. The first-order valence-electron chi connectivity index (χ1n) is 5.34. The van der Waals surface area contributed by atoms with E-state index in [0.717, 1.165) is 0 Å². The van der Waals surface area contributed by atoms with Gasteiger partial charge in [-0.15, -0.1) is 0 Å². The molecule has 0 aromatic heterocycles. The van der Waals surface area contributed by atoms with E-state index >= 15 is 0 Å². The number of benzene rings is 1. The number of hydrogen-bond acceptors (Lipinski definition) is 4. The van der Waals surface area contributed by atoms with E-state index in [0.29, 0.717) is 23.4 Å². The highest BCUT2D eigenvalue weighted by molar-refractivity contribution is 5.97. The summed E-state index contributed by atoms with van der Waals surface area (Å²) in [6.07, 6.45) is 0.428. The molecule has 3 N–H and O–H groups in total. The summed E-state index contributed by atoms with van der Waals surface area (Å²) in [6, 6.07) is 4.80.